The summed E-state index contributed by atoms with van der Waals surface area (Å²) >= 11 is 0. The molecule has 168 valence electrons. The fraction of sp³-hybridized carbons (Fsp3) is 0.381. The standard InChI is InChI=1S/C21H24F3N3O3S/c1-14-5-11-18(12-6-14)31(29,30)26-13-15(2)27(20(28)21(22,23)24)19(26)16-7-9-17(10-8-16)25(3)4/h5-12,15,19H,13H2,1-4H3/t15-,19-/m1/s1. The molecule has 1 heterocycles. The summed E-state index contributed by atoms with van der Waals surface area (Å²) < 4.78 is 67.8. The van der Waals surface area contributed by atoms with Gasteiger partial charge < -0.3 is 9.80 Å². The van der Waals surface area contributed by atoms with Crippen molar-refractivity contribution >= 4 is 21.6 Å². The summed E-state index contributed by atoms with van der Waals surface area (Å²) in [5, 5.41) is 0. The Hall–Kier alpha value is -2.59. The lowest BCUT2D eigenvalue weighted by Gasteiger charge is -2.32. The zero-order valence-corrected chi connectivity index (χ0v) is 18.4. The van der Waals surface area contributed by atoms with Crippen LogP contribution < -0.4 is 4.90 Å². The molecule has 1 saturated heterocycles. The molecule has 0 N–H and O–H groups in total. The van der Waals surface area contributed by atoms with Crippen LogP contribution in [0, 0.1) is 6.92 Å². The molecule has 0 bridgehead atoms. The van der Waals surface area contributed by atoms with Gasteiger partial charge in [-0.2, -0.15) is 17.5 Å². The summed E-state index contributed by atoms with van der Waals surface area (Å²) in [5.74, 6) is -2.07. The van der Waals surface area contributed by atoms with E-state index in [1.165, 1.54) is 19.1 Å². The van der Waals surface area contributed by atoms with Gasteiger partial charge in [0.15, 0.2) is 0 Å². The van der Waals surface area contributed by atoms with Gasteiger partial charge in [-0.05, 0) is 43.7 Å². The van der Waals surface area contributed by atoms with E-state index in [9.17, 15) is 26.4 Å². The average molecular weight is 456 g/mol. The second-order valence-corrected chi connectivity index (χ2v) is 9.70. The Bertz CT molecular complexity index is 1050. The van der Waals surface area contributed by atoms with E-state index in [0.717, 1.165) is 15.6 Å². The minimum Gasteiger partial charge on any atom is -0.378 e. The first kappa shape index (κ1) is 23.1. The summed E-state index contributed by atoms with van der Waals surface area (Å²) in [7, 11) is -0.551. The van der Waals surface area contributed by atoms with Crippen LogP contribution in [0.5, 0.6) is 0 Å². The molecule has 31 heavy (non-hydrogen) atoms. The SMILES string of the molecule is Cc1ccc(S(=O)(=O)N2C[C@@H](C)N(C(=O)C(F)(F)F)[C@@H]2c2ccc(N(C)C)cc2)cc1. The van der Waals surface area contributed by atoms with Crippen molar-refractivity contribution in [3.8, 4) is 0 Å². The Morgan fingerprint density at radius 3 is 2.06 bits per heavy atom. The number of aryl methyl sites for hydroxylation is 1. The second-order valence-electron chi connectivity index (χ2n) is 7.81. The second kappa shape index (κ2) is 8.16. The smallest absolute Gasteiger partial charge is 0.378 e. The summed E-state index contributed by atoms with van der Waals surface area (Å²) in [5.41, 5.74) is 1.91. The molecule has 0 saturated carbocycles. The maximum absolute atomic E-state index is 13.4. The Labute approximate surface area is 179 Å². The van der Waals surface area contributed by atoms with Crippen LogP contribution in [0.1, 0.15) is 24.2 Å². The Morgan fingerprint density at radius 1 is 1.03 bits per heavy atom. The number of halogens is 3. The van der Waals surface area contributed by atoms with Gasteiger partial charge >= 0.3 is 12.1 Å². The molecule has 1 amide bonds. The summed E-state index contributed by atoms with van der Waals surface area (Å²) in [6.07, 6.45) is -6.54. The molecule has 10 heteroatoms. The van der Waals surface area contributed by atoms with Gasteiger partial charge in [-0.3, -0.25) is 4.79 Å². The van der Waals surface area contributed by atoms with Crippen molar-refractivity contribution in [2.75, 3.05) is 25.5 Å². The topological polar surface area (TPSA) is 60.9 Å². The predicted octanol–water partition coefficient (Wildman–Crippen LogP) is 3.54. The maximum atomic E-state index is 13.4. The van der Waals surface area contributed by atoms with Crippen molar-refractivity contribution in [2.24, 2.45) is 0 Å². The highest BCUT2D eigenvalue weighted by atomic mass is 32.2. The third-order valence-electron chi connectivity index (χ3n) is 5.27. The number of sulfonamides is 1. The fourth-order valence-electron chi connectivity index (χ4n) is 3.63. The zero-order valence-electron chi connectivity index (χ0n) is 17.6. The highest BCUT2D eigenvalue weighted by Crippen LogP contribution is 2.40. The molecule has 0 unspecified atom stereocenters. The molecule has 0 aliphatic carbocycles. The van der Waals surface area contributed by atoms with Crippen LogP contribution in [0.3, 0.4) is 0 Å². The van der Waals surface area contributed by atoms with Crippen LogP contribution >= 0.6 is 0 Å². The minimum atomic E-state index is -5.13. The molecule has 1 aliphatic heterocycles. The van der Waals surface area contributed by atoms with Crippen molar-refractivity contribution < 1.29 is 26.4 Å². The van der Waals surface area contributed by atoms with Crippen LogP contribution in [-0.2, 0) is 14.8 Å². The van der Waals surface area contributed by atoms with E-state index >= 15 is 0 Å². The number of alkyl halides is 3. The first-order chi connectivity index (χ1) is 14.3. The zero-order chi connectivity index (χ0) is 23.1. The minimum absolute atomic E-state index is 0.0403. The molecule has 2 aromatic carbocycles. The quantitative estimate of drug-likeness (QED) is 0.708. The number of hydrogen-bond acceptors (Lipinski definition) is 4. The third kappa shape index (κ3) is 4.40. The number of carbonyl (C=O) groups excluding carboxylic acids is 1. The van der Waals surface area contributed by atoms with Crippen LogP contribution in [0.4, 0.5) is 18.9 Å². The van der Waals surface area contributed by atoms with Gasteiger partial charge in [-0.15, -0.1) is 0 Å². The van der Waals surface area contributed by atoms with Crippen molar-refractivity contribution in [1.82, 2.24) is 9.21 Å². The van der Waals surface area contributed by atoms with Gasteiger partial charge in [-0.25, -0.2) is 8.42 Å². The van der Waals surface area contributed by atoms with Gasteiger partial charge in [0.1, 0.15) is 6.17 Å². The monoisotopic (exact) mass is 455 g/mol. The van der Waals surface area contributed by atoms with Crippen LogP contribution in [-0.4, -0.2) is 56.4 Å². The van der Waals surface area contributed by atoms with E-state index in [2.05, 4.69) is 0 Å². The third-order valence-corrected chi connectivity index (χ3v) is 7.10. The van der Waals surface area contributed by atoms with Crippen molar-refractivity contribution in [2.45, 2.75) is 37.1 Å². The number of amides is 1. The summed E-state index contributed by atoms with van der Waals surface area (Å²) in [6.45, 7) is 2.96. The largest absolute Gasteiger partial charge is 0.471 e. The van der Waals surface area contributed by atoms with Crippen molar-refractivity contribution in [1.29, 1.82) is 0 Å². The van der Waals surface area contributed by atoms with Gasteiger partial charge in [-0.1, -0.05) is 29.8 Å². The number of nitrogens with zero attached hydrogens (tertiary/aromatic N) is 3. The van der Waals surface area contributed by atoms with Gasteiger partial charge in [0.05, 0.1) is 4.90 Å². The molecule has 2 aromatic rings. The van der Waals surface area contributed by atoms with Crippen LogP contribution in [0.25, 0.3) is 0 Å². The molecule has 1 fully saturated rings. The van der Waals surface area contributed by atoms with Crippen molar-refractivity contribution in [3.05, 3.63) is 59.7 Å². The van der Waals surface area contributed by atoms with E-state index < -0.39 is 34.3 Å². The molecule has 1 aliphatic rings. The molecule has 6 nitrogen and oxygen atoms in total. The molecule has 0 aromatic heterocycles. The average Bonchev–Trinajstić information content (AvgIpc) is 3.04. The van der Waals surface area contributed by atoms with Crippen molar-refractivity contribution in [3.63, 3.8) is 0 Å². The lowest BCUT2D eigenvalue weighted by Crippen LogP contribution is -2.45. The predicted molar refractivity (Wildman–Crippen MR) is 111 cm³/mol. The molecule has 3 rings (SSSR count). The fourth-order valence-corrected chi connectivity index (χ4v) is 5.28. The number of carbonyl (C=O) groups is 1. The first-order valence-corrected chi connectivity index (χ1v) is 11.0. The van der Waals surface area contributed by atoms with Gasteiger partial charge in [0, 0.05) is 32.4 Å². The number of hydrogen-bond donors (Lipinski definition) is 0. The maximum Gasteiger partial charge on any atom is 0.471 e. The molecular weight excluding hydrogens is 431 g/mol. The van der Waals surface area contributed by atoms with E-state index in [0.29, 0.717) is 4.90 Å². The van der Waals surface area contributed by atoms with E-state index in [4.69, 9.17) is 0 Å². The van der Waals surface area contributed by atoms with E-state index in [-0.39, 0.29) is 17.0 Å². The van der Waals surface area contributed by atoms with E-state index in [1.807, 2.05) is 0 Å². The van der Waals surface area contributed by atoms with Gasteiger partial charge in [0.25, 0.3) is 0 Å². The lowest BCUT2D eigenvalue weighted by atomic mass is 10.1. The van der Waals surface area contributed by atoms with Crippen LogP contribution in [0.15, 0.2) is 53.4 Å². The number of rotatable bonds is 4. The Balaban J connectivity index is 2.13. The lowest BCUT2D eigenvalue weighted by molar-refractivity contribution is -0.189. The summed E-state index contributed by atoms with van der Waals surface area (Å²) in [4.78, 5) is 14.6. The van der Waals surface area contributed by atoms with Crippen LogP contribution in [0.2, 0.25) is 0 Å². The number of benzene rings is 2. The van der Waals surface area contributed by atoms with Gasteiger partial charge in [0.2, 0.25) is 10.0 Å². The first-order valence-electron chi connectivity index (χ1n) is 9.59. The normalized spacial score (nSPS) is 20.2. The highest BCUT2D eigenvalue weighted by Gasteiger charge is 2.53. The van der Waals surface area contributed by atoms with E-state index in [1.54, 1.807) is 62.3 Å². The Morgan fingerprint density at radius 2 is 1.58 bits per heavy atom. The molecule has 0 radical (unpaired) electrons. The summed E-state index contributed by atoms with van der Waals surface area (Å²) in [6, 6.07) is 11.5. The molecule has 2 atom stereocenters. The molecule has 0 spiro atoms. The highest BCUT2D eigenvalue weighted by molar-refractivity contribution is 7.89. The molecular formula is C21H24F3N3O3S. The number of anilines is 1. The Kier molecular flexibility index (Phi) is 6.07.